The molecule has 2 amide bonds. The van der Waals surface area contributed by atoms with Crippen LogP contribution in [0.2, 0.25) is 0 Å². The van der Waals surface area contributed by atoms with Crippen molar-refractivity contribution in [2.24, 2.45) is 0 Å². The van der Waals surface area contributed by atoms with E-state index < -0.39 is 18.8 Å². The molecule has 2 bridgehead atoms. The first-order valence-electron chi connectivity index (χ1n) is 14.9. The predicted octanol–water partition coefficient (Wildman–Crippen LogP) is 5.40. The van der Waals surface area contributed by atoms with Crippen molar-refractivity contribution in [2.75, 3.05) is 56.0 Å². The lowest BCUT2D eigenvalue weighted by atomic mass is 9.94. The van der Waals surface area contributed by atoms with Crippen molar-refractivity contribution < 1.29 is 27.4 Å². The van der Waals surface area contributed by atoms with Gasteiger partial charge in [0, 0.05) is 23.5 Å². The second kappa shape index (κ2) is 12.9. The third-order valence-electron chi connectivity index (χ3n) is 7.85. The van der Waals surface area contributed by atoms with Crippen LogP contribution in [0.3, 0.4) is 0 Å². The lowest BCUT2D eigenvalue weighted by Gasteiger charge is -2.46. The van der Waals surface area contributed by atoms with Crippen LogP contribution in [0.5, 0.6) is 5.75 Å². The number of benzene rings is 2. The molecule has 2 unspecified atom stereocenters. The highest BCUT2D eigenvalue weighted by Crippen LogP contribution is 2.37. The van der Waals surface area contributed by atoms with E-state index in [1.165, 1.54) is 6.20 Å². The number of morpholine rings is 1. The maximum Gasteiger partial charge on any atom is 0.408 e. The quantitative estimate of drug-likeness (QED) is 0.255. The van der Waals surface area contributed by atoms with Crippen LogP contribution in [0.25, 0.3) is 22.4 Å². The van der Waals surface area contributed by atoms with Crippen LogP contribution in [-0.4, -0.2) is 89.4 Å². The lowest BCUT2D eigenvalue weighted by Crippen LogP contribution is -2.55. The van der Waals surface area contributed by atoms with Crippen molar-refractivity contribution in [1.82, 2.24) is 24.6 Å². The number of halogens is 3. The predicted molar refractivity (Wildman–Crippen MR) is 165 cm³/mol. The average molecular weight is 625 g/mol. The van der Waals surface area contributed by atoms with Gasteiger partial charge in [0.05, 0.1) is 36.9 Å². The molecule has 2 aliphatic heterocycles. The Labute approximate surface area is 258 Å². The van der Waals surface area contributed by atoms with Gasteiger partial charge in [-0.3, -0.25) is 0 Å². The summed E-state index contributed by atoms with van der Waals surface area (Å²) in [5.74, 6) is 1.55. The van der Waals surface area contributed by atoms with E-state index in [1.807, 2.05) is 19.0 Å². The number of hydrogen-bond donors (Lipinski definition) is 2. The summed E-state index contributed by atoms with van der Waals surface area (Å²) in [5, 5.41) is 10.1. The number of urea groups is 1. The average Bonchev–Trinajstić information content (AvgIpc) is 3.38. The van der Waals surface area contributed by atoms with Crippen molar-refractivity contribution in [3.05, 3.63) is 54.7 Å². The monoisotopic (exact) mass is 624 g/mol. The zero-order valence-corrected chi connectivity index (χ0v) is 25.0. The molecule has 2 aromatic carbocycles. The van der Waals surface area contributed by atoms with Gasteiger partial charge in [0.2, 0.25) is 0 Å². The van der Waals surface area contributed by atoms with Crippen LogP contribution in [0, 0.1) is 0 Å². The fraction of sp³-hybridized carbons (Fsp3) is 0.419. The van der Waals surface area contributed by atoms with Crippen LogP contribution >= 0.6 is 0 Å². The molecule has 2 atom stereocenters. The Hall–Kier alpha value is -4.43. The van der Waals surface area contributed by atoms with E-state index in [9.17, 15) is 18.0 Å². The van der Waals surface area contributed by atoms with Crippen LogP contribution in [0.1, 0.15) is 19.3 Å². The number of aromatic nitrogens is 4. The molecule has 45 heavy (non-hydrogen) atoms. The van der Waals surface area contributed by atoms with Crippen molar-refractivity contribution in [1.29, 1.82) is 0 Å². The van der Waals surface area contributed by atoms with E-state index >= 15 is 0 Å². The highest BCUT2D eigenvalue weighted by atomic mass is 19.4. The zero-order chi connectivity index (χ0) is 31.6. The number of anilines is 3. The molecule has 0 saturated carbocycles. The van der Waals surface area contributed by atoms with E-state index in [2.05, 4.69) is 25.6 Å². The highest BCUT2D eigenvalue weighted by molar-refractivity contribution is 6.00. The van der Waals surface area contributed by atoms with Gasteiger partial charge in [-0.1, -0.05) is 0 Å². The lowest BCUT2D eigenvalue weighted by molar-refractivity contribution is -0.141. The molecule has 2 aromatic heterocycles. The summed E-state index contributed by atoms with van der Waals surface area (Å²) < 4.78 is 52.6. The molecule has 2 fully saturated rings. The largest absolute Gasteiger partial charge is 0.492 e. The number of likely N-dealkylation sites (N-methyl/N-ethyl adjacent to an activating group) is 1. The van der Waals surface area contributed by atoms with Gasteiger partial charge in [0.1, 0.15) is 24.7 Å². The molecule has 0 spiro atoms. The molecule has 0 aliphatic carbocycles. The fourth-order valence-electron chi connectivity index (χ4n) is 5.71. The first-order chi connectivity index (χ1) is 21.6. The summed E-state index contributed by atoms with van der Waals surface area (Å²) in [7, 11) is 3.94. The summed E-state index contributed by atoms with van der Waals surface area (Å²) in [6.07, 6.45) is -0.170. The number of carbonyl (C=O) groups excluding carboxylic acids is 1. The second-order valence-electron chi connectivity index (χ2n) is 11.5. The molecule has 14 heteroatoms. The van der Waals surface area contributed by atoms with Gasteiger partial charge in [-0.2, -0.15) is 18.3 Å². The summed E-state index contributed by atoms with van der Waals surface area (Å²) in [4.78, 5) is 26.3. The number of amides is 2. The number of ether oxygens (including phenoxy) is 2. The molecule has 6 rings (SSSR count). The zero-order valence-electron chi connectivity index (χ0n) is 25.0. The molecule has 2 aliphatic rings. The van der Waals surface area contributed by atoms with Gasteiger partial charge in [-0.15, -0.1) is 0 Å². The molecule has 238 valence electrons. The highest BCUT2D eigenvalue weighted by Gasteiger charge is 2.38. The minimum atomic E-state index is -4.46. The summed E-state index contributed by atoms with van der Waals surface area (Å²) in [6, 6.07) is 13.6. The maximum absolute atomic E-state index is 13.4. The summed E-state index contributed by atoms with van der Waals surface area (Å²) >= 11 is 0. The number of carbonyl (C=O) groups is 1. The normalized spacial score (nSPS) is 18.3. The third kappa shape index (κ3) is 7.28. The number of piperidine rings is 1. The Kier molecular flexibility index (Phi) is 8.76. The van der Waals surface area contributed by atoms with Gasteiger partial charge in [0.15, 0.2) is 11.5 Å². The van der Waals surface area contributed by atoms with E-state index in [-0.39, 0.29) is 23.6 Å². The van der Waals surface area contributed by atoms with E-state index in [0.29, 0.717) is 53.7 Å². The number of fused-ring (bicyclic) bond motifs is 3. The van der Waals surface area contributed by atoms with Gasteiger partial charge in [-0.25, -0.2) is 19.4 Å². The molecule has 0 radical (unpaired) electrons. The Balaban J connectivity index is 1.20. The van der Waals surface area contributed by atoms with Crippen LogP contribution in [0.4, 0.5) is 35.2 Å². The van der Waals surface area contributed by atoms with Gasteiger partial charge >= 0.3 is 12.2 Å². The molecular weight excluding hydrogens is 589 g/mol. The first kappa shape index (κ1) is 30.6. The van der Waals surface area contributed by atoms with Crippen LogP contribution in [0.15, 0.2) is 54.7 Å². The Morgan fingerprint density at radius 3 is 2.27 bits per heavy atom. The van der Waals surface area contributed by atoms with Gasteiger partial charge in [-0.05, 0) is 81.9 Å². The smallest absolute Gasteiger partial charge is 0.408 e. The van der Waals surface area contributed by atoms with Crippen molar-refractivity contribution in [2.45, 2.75) is 44.1 Å². The Morgan fingerprint density at radius 2 is 1.64 bits per heavy atom. The standard InChI is InChI=1S/C31H35F3N8O3/c1-40(2)14-15-45-25-12-10-22(11-13-25)37-30(43)36-21-8-6-20(7-9-21)27-38-28-26(16-35-41(28)19-31(32,33)34)29(39-27)42-23-4-3-5-24(42)18-44-17-23/h6-13,16,23-24H,3-5,14-15,17-19H2,1-2H3,(H2,36,37,43). The first-order valence-corrected chi connectivity index (χ1v) is 14.9. The fourth-order valence-corrected chi connectivity index (χ4v) is 5.71. The minimum Gasteiger partial charge on any atom is -0.492 e. The number of nitrogens with one attached hydrogen (secondary N) is 2. The van der Waals surface area contributed by atoms with Crippen LogP contribution < -0.4 is 20.3 Å². The summed E-state index contributed by atoms with van der Waals surface area (Å²) in [6.45, 7) is 1.16. The number of hydrogen-bond acceptors (Lipinski definition) is 8. The molecular formula is C31H35F3N8O3. The Morgan fingerprint density at radius 1 is 1.00 bits per heavy atom. The topological polar surface area (TPSA) is 110 Å². The van der Waals surface area contributed by atoms with Crippen molar-refractivity contribution in [3.8, 4) is 17.1 Å². The van der Waals surface area contributed by atoms with E-state index in [0.717, 1.165) is 30.5 Å². The molecule has 2 N–H and O–H groups in total. The van der Waals surface area contributed by atoms with Crippen LogP contribution in [-0.2, 0) is 11.3 Å². The third-order valence-corrected chi connectivity index (χ3v) is 7.85. The number of alkyl halides is 3. The maximum atomic E-state index is 13.4. The number of rotatable bonds is 9. The van der Waals surface area contributed by atoms with E-state index in [1.54, 1.807) is 48.5 Å². The summed E-state index contributed by atoms with van der Waals surface area (Å²) in [5.41, 5.74) is 1.83. The minimum absolute atomic E-state index is 0.0753. The second-order valence-corrected chi connectivity index (χ2v) is 11.5. The SMILES string of the molecule is CN(C)CCOc1ccc(NC(=O)Nc2ccc(-c3nc(N4C5CCCC4COC5)c4cnn(CC(F)(F)F)c4n3)cc2)cc1. The number of nitrogens with zero attached hydrogens (tertiary/aromatic N) is 6. The van der Waals surface area contributed by atoms with Gasteiger partial charge < -0.3 is 29.9 Å². The molecule has 2 saturated heterocycles. The van der Waals surface area contributed by atoms with Crippen molar-refractivity contribution >= 4 is 34.3 Å². The van der Waals surface area contributed by atoms with E-state index in [4.69, 9.17) is 14.5 Å². The van der Waals surface area contributed by atoms with Gasteiger partial charge in [0.25, 0.3) is 0 Å². The van der Waals surface area contributed by atoms with Crippen molar-refractivity contribution in [3.63, 3.8) is 0 Å². The molecule has 11 nitrogen and oxygen atoms in total. The Bertz CT molecular complexity index is 1600. The molecule has 4 heterocycles. The molecule has 4 aromatic rings.